The summed E-state index contributed by atoms with van der Waals surface area (Å²) >= 11 is 1.43. The molecule has 0 bridgehead atoms. The summed E-state index contributed by atoms with van der Waals surface area (Å²) in [6.45, 7) is 0. The van der Waals surface area contributed by atoms with E-state index in [9.17, 15) is 4.39 Å². The molecule has 0 amide bonds. The zero-order valence-electron chi connectivity index (χ0n) is 6.70. The topological polar surface area (TPSA) is 36.4 Å². The van der Waals surface area contributed by atoms with Gasteiger partial charge in [0.2, 0.25) is 0 Å². The van der Waals surface area contributed by atoms with Gasteiger partial charge < -0.3 is 5.32 Å². The van der Waals surface area contributed by atoms with Crippen LogP contribution in [0.2, 0.25) is 0 Å². The van der Waals surface area contributed by atoms with Gasteiger partial charge in [-0.1, -0.05) is 0 Å². The first-order valence-corrected chi connectivity index (χ1v) is 4.67. The van der Waals surface area contributed by atoms with Crippen molar-refractivity contribution >= 4 is 23.2 Å². The maximum atomic E-state index is 12.5. The van der Waals surface area contributed by atoms with Gasteiger partial charge in [-0.25, -0.2) is 14.1 Å². The molecular weight excluding hydrogens is 189 g/mol. The molecule has 0 fully saturated rings. The van der Waals surface area contributed by atoms with Gasteiger partial charge in [0.05, 0.1) is 5.55 Å². The Kier molecular flexibility index (Phi) is 2.47. The van der Waals surface area contributed by atoms with Crippen molar-refractivity contribution in [2.45, 2.75) is 6.29 Å². The summed E-state index contributed by atoms with van der Waals surface area (Å²) in [5.74, 6) is -0.234. The second-order valence-corrected chi connectivity index (χ2v) is 3.23. The van der Waals surface area contributed by atoms with Gasteiger partial charge in [-0.3, -0.25) is 0 Å². The molecule has 1 aliphatic heterocycles. The van der Waals surface area contributed by atoms with Gasteiger partial charge in [0.15, 0.2) is 6.29 Å². The van der Waals surface area contributed by atoms with Crippen molar-refractivity contribution in [3.8, 4) is 0 Å². The molecule has 1 heterocycles. The Bertz CT molecular complexity index is 312. The summed E-state index contributed by atoms with van der Waals surface area (Å²) < 4.78 is 15.5. The van der Waals surface area contributed by atoms with E-state index in [0.29, 0.717) is 0 Å². The van der Waals surface area contributed by atoms with Gasteiger partial charge in [-0.15, -0.1) is 0 Å². The highest BCUT2D eigenvalue weighted by Crippen LogP contribution is 2.12. The van der Waals surface area contributed by atoms with Gasteiger partial charge in [-0.2, -0.15) is 0 Å². The van der Waals surface area contributed by atoms with Crippen LogP contribution in [0.1, 0.15) is 0 Å². The Morgan fingerprint density at radius 3 is 2.77 bits per heavy atom. The van der Waals surface area contributed by atoms with E-state index in [0.717, 1.165) is 5.69 Å². The zero-order chi connectivity index (χ0) is 9.10. The van der Waals surface area contributed by atoms with Crippen molar-refractivity contribution in [3.63, 3.8) is 0 Å². The Balaban J connectivity index is 2.01. The summed E-state index contributed by atoms with van der Waals surface area (Å²) in [5.41, 5.74) is 2.57. The van der Waals surface area contributed by atoms with Crippen LogP contribution in [0.25, 0.3) is 0 Å². The summed E-state index contributed by atoms with van der Waals surface area (Å²) in [6, 6.07) is 6.17. The van der Waals surface area contributed by atoms with Crippen molar-refractivity contribution < 1.29 is 4.39 Å². The first-order valence-electron chi connectivity index (χ1n) is 3.79. The van der Waals surface area contributed by atoms with Gasteiger partial charge >= 0.3 is 0 Å². The molecule has 0 spiro atoms. The number of nitrogens with zero attached hydrogens (tertiary/aromatic N) is 1. The lowest BCUT2D eigenvalue weighted by molar-refractivity contribution is 0.627. The molecule has 2 N–H and O–H groups in total. The number of aliphatic imine (C=N–C) groups is 1. The Hall–Kier alpha value is -1.07. The van der Waals surface area contributed by atoms with Crippen molar-refractivity contribution in [3.05, 3.63) is 30.1 Å². The predicted octanol–water partition coefficient (Wildman–Crippen LogP) is 1.80. The standard InChI is InChI=1S/C8H8FN3S/c9-6-1-3-7(4-2-6)11-8-10-5-13-12-8/h1-5,8,11-12H. The third-order valence-corrected chi connectivity index (χ3v) is 2.18. The van der Waals surface area contributed by atoms with Crippen molar-refractivity contribution in [2.24, 2.45) is 4.99 Å². The molecule has 0 radical (unpaired) electrons. The molecule has 0 saturated carbocycles. The van der Waals surface area contributed by atoms with Crippen molar-refractivity contribution in [1.82, 2.24) is 4.72 Å². The van der Waals surface area contributed by atoms with E-state index in [-0.39, 0.29) is 12.1 Å². The number of rotatable bonds is 2. The number of nitrogens with one attached hydrogen (secondary N) is 2. The monoisotopic (exact) mass is 197 g/mol. The van der Waals surface area contributed by atoms with Crippen LogP contribution in [0.15, 0.2) is 29.3 Å². The largest absolute Gasteiger partial charge is 0.351 e. The van der Waals surface area contributed by atoms with E-state index in [1.54, 1.807) is 17.7 Å². The van der Waals surface area contributed by atoms with E-state index in [1.807, 2.05) is 0 Å². The van der Waals surface area contributed by atoms with E-state index < -0.39 is 0 Å². The van der Waals surface area contributed by atoms with Gasteiger partial charge in [0.25, 0.3) is 0 Å². The van der Waals surface area contributed by atoms with Crippen LogP contribution < -0.4 is 10.0 Å². The van der Waals surface area contributed by atoms with Crippen molar-refractivity contribution in [1.29, 1.82) is 0 Å². The average Bonchev–Trinajstić information content (AvgIpc) is 2.62. The minimum absolute atomic E-state index is 0.115. The normalized spacial score (nSPS) is 20.5. The maximum absolute atomic E-state index is 12.5. The number of benzene rings is 1. The molecule has 13 heavy (non-hydrogen) atoms. The summed E-state index contributed by atoms with van der Waals surface area (Å²) in [4.78, 5) is 4.08. The number of anilines is 1. The minimum atomic E-state index is -0.234. The first-order chi connectivity index (χ1) is 6.34. The molecule has 3 nitrogen and oxygen atoms in total. The number of hydrogen-bond donors (Lipinski definition) is 2. The predicted molar refractivity (Wildman–Crippen MR) is 53.0 cm³/mol. The van der Waals surface area contributed by atoms with Crippen LogP contribution in [-0.4, -0.2) is 11.8 Å². The average molecular weight is 197 g/mol. The van der Waals surface area contributed by atoms with Crippen LogP contribution in [0, 0.1) is 5.82 Å². The van der Waals surface area contributed by atoms with Crippen molar-refractivity contribution in [2.75, 3.05) is 5.32 Å². The van der Waals surface area contributed by atoms with Gasteiger partial charge in [0.1, 0.15) is 5.82 Å². The molecule has 1 unspecified atom stereocenters. The smallest absolute Gasteiger partial charge is 0.183 e. The molecule has 0 aliphatic carbocycles. The molecule has 1 aliphatic rings. The molecule has 2 rings (SSSR count). The molecule has 68 valence electrons. The fourth-order valence-electron chi connectivity index (χ4n) is 0.987. The highest BCUT2D eigenvalue weighted by atomic mass is 32.2. The maximum Gasteiger partial charge on any atom is 0.183 e. The fraction of sp³-hybridized carbons (Fsp3) is 0.125. The van der Waals surface area contributed by atoms with Crippen LogP contribution in [0.5, 0.6) is 0 Å². The Morgan fingerprint density at radius 1 is 1.38 bits per heavy atom. The van der Waals surface area contributed by atoms with Crippen LogP contribution in [0.3, 0.4) is 0 Å². The molecule has 0 saturated heterocycles. The third-order valence-electron chi connectivity index (χ3n) is 1.59. The lowest BCUT2D eigenvalue weighted by Gasteiger charge is -2.10. The lowest BCUT2D eigenvalue weighted by Crippen LogP contribution is -2.25. The highest BCUT2D eigenvalue weighted by Gasteiger charge is 2.08. The molecule has 0 aromatic heterocycles. The Labute approximate surface area is 79.6 Å². The zero-order valence-corrected chi connectivity index (χ0v) is 7.51. The highest BCUT2D eigenvalue weighted by molar-refractivity contribution is 8.10. The summed E-state index contributed by atoms with van der Waals surface area (Å²) in [6.07, 6.45) is -0.115. The van der Waals surface area contributed by atoms with Gasteiger partial charge in [-0.05, 0) is 36.2 Å². The third kappa shape index (κ3) is 2.19. The van der Waals surface area contributed by atoms with Crippen LogP contribution in [0.4, 0.5) is 10.1 Å². The Morgan fingerprint density at radius 2 is 2.15 bits per heavy atom. The summed E-state index contributed by atoms with van der Waals surface area (Å²) in [7, 11) is 0. The SMILES string of the molecule is Fc1ccc(NC2N=CSN2)cc1. The minimum Gasteiger partial charge on any atom is -0.351 e. The molecule has 1 aromatic carbocycles. The van der Waals surface area contributed by atoms with E-state index in [2.05, 4.69) is 15.0 Å². The van der Waals surface area contributed by atoms with E-state index >= 15 is 0 Å². The van der Waals surface area contributed by atoms with E-state index in [1.165, 1.54) is 24.1 Å². The quantitative estimate of drug-likeness (QED) is 0.710. The fourth-order valence-corrected chi connectivity index (χ4v) is 1.48. The summed E-state index contributed by atoms with van der Waals surface area (Å²) in [5, 5.41) is 3.07. The van der Waals surface area contributed by atoms with Crippen LogP contribution in [-0.2, 0) is 0 Å². The first kappa shape index (κ1) is 8.52. The lowest BCUT2D eigenvalue weighted by atomic mass is 10.3. The van der Waals surface area contributed by atoms with E-state index in [4.69, 9.17) is 0 Å². The molecule has 1 aromatic rings. The second-order valence-electron chi connectivity index (χ2n) is 2.54. The van der Waals surface area contributed by atoms with Gasteiger partial charge in [0, 0.05) is 5.69 Å². The number of halogens is 1. The van der Waals surface area contributed by atoms with Crippen LogP contribution >= 0.6 is 11.9 Å². The molecule has 1 atom stereocenters. The molecular formula is C8H8FN3S. The molecule has 5 heteroatoms. The second kappa shape index (κ2) is 3.76. The number of hydrogen-bond acceptors (Lipinski definition) is 4.